The molecule has 0 atom stereocenters. The van der Waals surface area contributed by atoms with Gasteiger partial charge >= 0.3 is 0 Å². The van der Waals surface area contributed by atoms with Crippen molar-refractivity contribution in [3.63, 3.8) is 0 Å². The quantitative estimate of drug-likeness (QED) is 0.754. The summed E-state index contributed by atoms with van der Waals surface area (Å²) < 4.78 is 6.09. The van der Waals surface area contributed by atoms with Gasteiger partial charge in [-0.05, 0) is 59.0 Å². The van der Waals surface area contributed by atoms with E-state index in [-0.39, 0.29) is 17.4 Å². The Labute approximate surface area is 142 Å². The van der Waals surface area contributed by atoms with E-state index in [1.807, 2.05) is 34.7 Å². The van der Waals surface area contributed by atoms with Crippen molar-refractivity contribution in [2.45, 2.75) is 38.0 Å². The Hall–Kier alpha value is -1.57. The highest BCUT2D eigenvalue weighted by Crippen LogP contribution is 2.33. The van der Waals surface area contributed by atoms with Crippen LogP contribution in [0.1, 0.15) is 43.6 Å². The maximum atomic E-state index is 11.6. The van der Waals surface area contributed by atoms with Gasteiger partial charge in [-0.25, -0.2) is 0 Å². The Morgan fingerprint density at radius 3 is 2.55 bits per heavy atom. The van der Waals surface area contributed by atoms with Gasteiger partial charge in [-0.15, -0.1) is 0 Å². The van der Waals surface area contributed by atoms with Crippen molar-refractivity contribution in [2.24, 2.45) is 0 Å². The van der Waals surface area contributed by atoms with Gasteiger partial charge in [0.1, 0.15) is 9.32 Å². The lowest BCUT2D eigenvalue weighted by Crippen LogP contribution is -2.15. The summed E-state index contributed by atoms with van der Waals surface area (Å²) in [5.74, 6) is 1.62. The van der Waals surface area contributed by atoms with E-state index in [0.29, 0.717) is 15.2 Å². The average Bonchev–Trinajstić information content (AvgIpc) is 2.54. The van der Waals surface area contributed by atoms with Crippen LogP contribution < -0.4 is 16.0 Å². The molecule has 0 spiro atoms. The van der Waals surface area contributed by atoms with Crippen molar-refractivity contribution >= 4 is 28.5 Å². The molecule has 6 heteroatoms. The molecule has 0 aliphatic heterocycles. The molecule has 1 heterocycles. The van der Waals surface area contributed by atoms with Gasteiger partial charge in [-0.1, -0.05) is 31.4 Å². The molecule has 1 aliphatic carbocycles. The van der Waals surface area contributed by atoms with Crippen LogP contribution in [-0.4, -0.2) is 9.97 Å². The van der Waals surface area contributed by atoms with Crippen molar-refractivity contribution in [1.82, 2.24) is 9.97 Å². The van der Waals surface area contributed by atoms with Crippen LogP contribution in [0.5, 0.6) is 11.6 Å². The monoisotopic (exact) mass is 411 g/mol. The lowest BCUT2D eigenvalue weighted by atomic mass is 9.84. The number of anilines is 1. The topological polar surface area (TPSA) is 81.0 Å². The number of hydrogen-bond acceptors (Lipinski definition) is 4. The van der Waals surface area contributed by atoms with Gasteiger partial charge in [0, 0.05) is 0 Å². The molecular weight excluding hydrogens is 393 g/mol. The first kappa shape index (κ1) is 15.3. The number of nitrogens with zero attached hydrogens (tertiary/aromatic N) is 1. The third-order valence-corrected chi connectivity index (χ3v) is 4.97. The number of ether oxygens (including phenoxy) is 1. The van der Waals surface area contributed by atoms with E-state index in [2.05, 4.69) is 22.1 Å². The fourth-order valence-electron chi connectivity index (χ4n) is 2.88. The SMILES string of the molecule is Nc1nc(Oc2ccc(C3CCCCC3)cc2)c(I)c(=O)[nH]1. The molecule has 0 unspecified atom stereocenters. The van der Waals surface area contributed by atoms with Crippen LogP contribution in [0, 0.1) is 3.57 Å². The van der Waals surface area contributed by atoms with Crippen LogP contribution in [0.3, 0.4) is 0 Å². The summed E-state index contributed by atoms with van der Waals surface area (Å²) in [5, 5.41) is 0. The highest BCUT2D eigenvalue weighted by molar-refractivity contribution is 14.1. The summed E-state index contributed by atoms with van der Waals surface area (Å²) in [6.07, 6.45) is 6.52. The van der Waals surface area contributed by atoms with Crippen LogP contribution in [0.15, 0.2) is 29.1 Å². The van der Waals surface area contributed by atoms with Gasteiger partial charge in [0.2, 0.25) is 11.8 Å². The zero-order valence-corrected chi connectivity index (χ0v) is 14.3. The van der Waals surface area contributed by atoms with Gasteiger partial charge in [-0.2, -0.15) is 4.98 Å². The molecule has 1 aromatic heterocycles. The normalized spacial score (nSPS) is 15.7. The summed E-state index contributed by atoms with van der Waals surface area (Å²) in [4.78, 5) is 18.1. The molecule has 0 saturated heterocycles. The Kier molecular flexibility index (Phi) is 4.66. The van der Waals surface area contributed by atoms with Crippen molar-refractivity contribution in [1.29, 1.82) is 0 Å². The minimum absolute atomic E-state index is 0.0549. The van der Waals surface area contributed by atoms with Crippen molar-refractivity contribution < 1.29 is 4.74 Å². The molecule has 2 aromatic rings. The summed E-state index contributed by atoms with van der Waals surface area (Å²) in [7, 11) is 0. The molecule has 0 bridgehead atoms. The minimum atomic E-state index is -0.290. The lowest BCUT2D eigenvalue weighted by Gasteiger charge is -2.22. The third kappa shape index (κ3) is 3.43. The number of aromatic nitrogens is 2. The number of nitrogen functional groups attached to an aromatic ring is 1. The van der Waals surface area contributed by atoms with Crippen LogP contribution >= 0.6 is 22.6 Å². The molecule has 0 amide bonds. The first-order chi connectivity index (χ1) is 10.6. The number of nitrogens with two attached hydrogens (primary N) is 1. The number of benzene rings is 1. The van der Waals surface area contributed by atoms with E-state index in [0.717, 1.165) is 0 Å². The van der Waals surface area contributed by atoms with E-state index in [9.17, 15) is 4.79 Å². The van der Waals surface area contributed by atoms with Gasteiger partial charge in [0.15, 0.2) is 0 Å². The fourth-order valence-corrected chi connectivity index (χ4v) is 3.24. The zero-order valence-electron chi connectivity index (χ0n) is 12.1. The van der Waals surface area contributed by atoms with E-state index >= 15 is 0 Å². The first-order valence-electron chi connectivity index (χ1n) is 7.46. The Morgan fingerprint density at radius 1 is 1.18 bits per heavy atom. The van der Waals surface area contributed by atoms with E-state index < -0.39 is 0 Å². The summed E-state index contributed by atoms with van der Waals surface area (Å²) in [6.45, 7) is 0. The second-order valence-electron chi connectivity index (χ2n) is 5.58. The Morgan fingerprint density at radius 2 is 1.86 bits per heavy atom. The molecule has 3 N–H and O–H groups in total. The number of aromatic amines is 1. The third-order valence-electron chi connectivity index (χ3n) is 4.02. The molecule has 5 nitrogen and oxygen atoms in total. The molecule has 0 radical (unpaired) electrons. The first-order valence-corrected chi connectivity index (χ1v) is 8.54. The van der Waals surface area contributed by atoms with Crippen molar-refractivity contribution in [2.75, 3.05) is 5.73 Å². The standard InChI is InChI=1S/C16H18IN3O2/c17-13-14(21)19-16(18)20-15(13)22-12-8-6-11(7-9-12)10-4-2-1-3-5-10/h6-10H,1-5H2,(H3,18,19,20,21). The smallest absolute Gasteiger partial charge is 0.269 e. The second-order valence-corrected chi connectivity index (χ2v) is 6.66. The summed E-state index contributed by atoms with van der Waals surface area (Å²) >= 11 is 1.90. The minimum Gasteiger partial charge on any atom is -0.438 e. The summed E-state index contributed by atoms with van der Waals surface area (Å²) in [5.41, 5.74) is 6.62. The molecule has 22 heavy (non-hydrogen) atoms. The van der Waals surface area contributed by atoms with Crippen molar-refractivity contribution in [3.8, 4) is 11.6 Å². The van der Waals surface area contributed by atoms with Gasteiger partial charge in [0.25, 0.3) is 5.56 Å². The average molecular weight is 411 g/mol. The molecular formula is C16H18IN3O2. The van der Waals surface area contributed by atoms with E-state index in [4.69, 9.17) is 10.5 Å². The highest BCUT2D eigenvalue weighted by Gasteiger charge is 2.16. The predicted octanol–water partition coefficient (Wildman–Crippen LogP) is 3.80. The number of hydrogen-bond donors (Lipinski definition) is 2. The van der Waals surface area contributed by atoms with Crippen LogP contribution in [0.25, 0.3) is 0 Å². The highest BCUT2D eigenvalue weighted by atomic mass is 127. The number of nitrogens with one attached hydrogen (secondary N) is 1. The van der Waals surface area contributed by atoms with Crippen molar-refractivity contribution in [3.05, 3.63) is 43.8 Å². The second kappa shape index (κ2) is 6.68. The van der Waals surface area contributed by atoms with E-state index in [1.54, 1.807) is 0 Å². The van der Waals surface area contributed by atoms with Gasteiger partial charge in [-0.3, -0.25) is 9.78 Å². The molecule has 1 fully saturated rings. The molecule has 116 valence electrons. The Balaban J connectivity index is 1.77. The largest absolute Gasteiger partial charge is 0.438 e. The number of rotatable bonds is 3. The Bertz CT molecular complexity index is 706. The van der Waals surface area contributed by atoms with E-state index in [1.165, 1.54) is 37.7 Å². The molecule has 1 saturated carbocycles. The molecule has 3 rings (SSSR count). The van der Waals surface area contributed by atoms with Crippen LogP contribution in [-0.2, 0) is 0 Å². The van der Waals surface area contributed by atoms with Gasteiger partial charge < -0.3 is 10.5 Å². The number of H-pyrrole nitrogens is 1. The predicted molar refractivity (Wildman–Crippen MR) is 94.3 cm³/mol. The maximum Gasteiger partial charge on any atom is 0.269 e. The number of halogens is 1. The fraction of sp³-hybridized carbons (Fsp3) is 0.375. The summed E-state index contributed by atoms with van der Waals surface area (Å²) in [6, 6.07) is 8.07. The lowest BCUT2D eigenvalue weighted by molar-refractivity contribution is 0.440. The molecule has 1 aromatic carbocycles. The van der Waals surface area contributed by atoms with Crippen LogP contribution in [0.4, 0.5) is 5.95 Å². The molecule has 1 aliphatic rings. The maximum absolute atomic E-state index is 11.6. The van der Waals surface area contributed by atoms with Crippen LogP contribution in [0.2, 0.25) is 0 Å². The zero-order chi connectivity index (χ0) is 15.5. The van der Waals surface area contributed by atoms with Gasteiger partial charge in [0.05, 0.1) is 0 Å².